The molecule has 0 saturated heterocycles. The predicted octanol–water partition coefficient (Wildman–Crippen LogP) is 3.83. The summed E-state index contributed by atoms with van der Waals surface area (Å²) in [6.45, 7) is 5.05. The first kappa shape index (κ1) is 22.9. The van der Waals surface area contributed by atoms with E-state index in [1.807, 2.05) is 36.6 Å². The van der Waals surface area contributed by atoms with Crippen LogP contribution in [0.15, 0.2) is 48.9 Å². The van der Waals surface area contributed by atoms with Gasteiger partial charge in [-0.2, -0.15) is 0 Å². The largest absolute Gasteiger partial charge is 0.373 e. The molecule has 0 fully saturated rings. The van der Waals surface area contributed by atoms with Crippen molar-refractivity contribution in [3.63, 3.8) is 0 Å². The quantitative estimate of drug-likeness (QED) is 0.550. The highest BCUT2D eigenvalue weighted by atomic mass is 35.5. The van der Waals surface area contributed by atoms with Crippen LogP contribution in [0.25, 0.3) is 0 Å². The van der Waals surface area contributed by atoms with Gasteiger partial charge in [-0.15, -0.1) is 0 Å². The summed E-state index contributed by atoms with van der Waals surface area (Å²) in [7, 11) is 0. The van der Waals surface area contributed by atoms with Crippen molar-refractivity contribution in [1.29, 1.82) is 0 Å². The summed E-state index contributed by atoms with van der Waals surface area (Å²) < 4.78 is 7.45. The van der Waals surface area contributed by atoms with Crippen LogP contribution >= 0.6 is 11.6 Å². The first-order valence-electron chi connectivity index (χ1n) is 10.9. The van der Waals surface area contributed by atoms with Crippen molar-refractivity contribution in [2.75, 3.05) is 6.61 Å². The molecule has 3 heterocycles. The second-order valence-corrected chi connectivity index (χ2v) is 8.28. The molecule has 0 spiro atoms. The number of nitrogens with zero attached hydrogens (tertiary/aromatic N) is 3. The molecule has 1 aromatic carbocycles. The molecule has 1 aliphatic rings. The molecule has 0 saturated carbocycles. The molecule has 3 aromatic rings. The molecule has 0 radical (unpaired) electrons. The van der Waals surface area contributed by atoms with Crippen LogP contribution in [-0.2, 0) is 17.9 Å². The Hall–Kier alpha value is -3.23. The summed E-state index contributed by atoms with van der Waals surface area (Å²) in [6.07, 6.45) is 5.45. The SMILES string of the molecule is CC[C@@H](NC(=O)c1cc(C(=O)N[C@H](C)c2cnccn2)n2c1COCC2)c1ccccc1Cl. The molecule has 172 valence electrons. The lowest BCUT2D eigenvalue weighted by Gasteiger charge is -2.21. The van der Waals surface area contributed by atoms with Crippen molar-refractivity contribution in [2.24, 2.45) is 0 Å². The summed E-state index contributed by atoms with van der Waals surface area (Å²) in [5.41, 5.74) is 3.04. The van der Waals surface area contributed by atoms with Gasteiger partial charge in [-0.3, -0.25) is 19.6 Å². The monoisotopic (exact) mass is 467 g/mol. The number of fused-ring (bicyclic) bond motifs is 1. The zero-order valence-electron chi connectivity index (χ0n) is 18.5. The summed E-state index contributed by atoms with van der Waals surface area (Å²) in [5.74, 6) is -0.550. The van der Waals surface area contributed by atoms with Gasteiger partial charge in [0.25, 0.3) is 11.8 Å². The van der Waals surface area contributed by atoms with E-state index < -0.39 is 0 Å². The molecule has 0 bridgehead atoms. The number of hydrogen-bond donors (Lipinski definition) is 2. The first-order valence-corrected chi connectivity index (χ1v) is 11.3. The standard InChI is InChI=1S/C24H26ClN5O3/c1-3-19(16-6-4-5-7-18(16)25)29-23(31)17-12-21(30-10-11-33-14-22(17)30)24(32)28-15(2)20-13-26-8-9-27-20/h4-9,12-13,15,19H,3,10-11,14H2,1-2H3,(H,28,32)(H,29,31)/t15-,19-/m1/s1. The minimum absolute atomic E-state index is 0.250. The third-order valence-electron chi connectivity index (χ3n) is 5.75. The van der Waals surface area contributed by atoms with Gasteiger partial charge in [-0.05, 0) is 31.0 Å². The minimum atomic E-state index is -0.334. The molecule has 2 N–H and O–H groups in total. The van der Waals surface area contributed by atoms with Gasteiger partial charge in [0, 0.05) is 24.0 Å². The number of carbonyl (C=O) groups is 2. The Bertz CT molecular complexity index is 1150. The number of carbonyl (C=O) groups excluding carboxylic acids is 2. The van der Waals surface area contributed by atoms with Crippen LogP contribution < -0.4 is 10.6 Å². The van der Waals surface area contributed by atoms with Crippen molar-refractivity contribution in [3.05, 3.63) is 82.2 Å². The molecule has 2 atom stereocenters. The van der Waals surface area contributed by atoms with Gasteiger partial charge in [0.2, 0.25) is 0 Å². The van der Waals surface area contributed by atoms with Gasteiger partial charge >= 0.3 is 0 Å². The topological polar surface area (TPSA) is 98.1 Å². The normalized spacial score (nSPS) is 14.8. The Kier molecular flexibility index (Phi) is 7.05. The smallest absolute Gasteiger partial charge is 0.268 e. The highest BCUT2D eigenvalue weighted by molar-refractivity contribution is 6.31. The van der Waals surface area contributed by atoms with Gasteiger partial charge in [0.05, 0.1) is 48.4 Å². The maximum absolute atomic E-state index is 13.3. The molecule has 8 nitrogen and oxygen atoms in total. The maximum Gasteiger partial charge on any atom is 0.268 e. The van der Waals surface area contributed by atoms with Gasteiger partial charge < -0.3 is 19.9 Å². The van der Waals surface area contributed by atoms with Gasteiger partial charge in [-0.1, -0.05) is 36.7 Å². The zero-order chi connectivity index (χ0) is 23.4. The second kappa shape index (κ2) is 10.1. The van der Waals surface area contributed by atoms with E-state index in [2.05, 4.69) is 20.6 Å². The number of aromatic nitrogens is 3. The van der Waals surface area contributed by atoms with Crippen molar-refractivity contribution in [1.82, 2.24) is 25.2 Å². The van der Waals surface area contributed by atoms with Crippen LogP contribution in [0, 0.1) is 0 Å². The third-order valence-corrected chi connectivity index (χ3v) is 6.10. The van der Waals surface area contributed by atoms with Crippen LogP contribution in [0.1, 0.15) is 70.1 Å². The first-order chi connectivity index (χ1) is 16.0. The van der Waals surface area contributed by atoms with E-state index in [9.17, 15) is 9.59 Å². The van der Waals surface area contributed by atoms with E-state index >= 15 is 0 Å². The lowest BCUT2D eigenvalue weighted by Crippen LogP contribution is -2.31. The molecule has 1 aliphatic heterocycles. The van der Waals surface area contributed by atoms with E-state index in [4.69, 9.17) is 16.3 Å². The molecule has 0 aliphatic carbocycles. The summed E-state index contributed by atoms with van der Waals surface area (Å²) in [4.78, 5) is 34.7. The average molecular weight is 468 g/mol. The fourth-order valence-corrected chi connectivity index (χ4v) is 4.25. The number of halogens is 1. The van der Waals surface area contributed by atoms with E-state index in [1.54, 1.807) is 30.7 Å². The number of benzene rings is 1. The number of amides is 2. The predicted molar refractivity (Wildman–Crippen MR) is 124 cm³/mol. The second-order valence-electron chi connectivity index (χ2n) is 7.88. The van der Waals surface area contributed by atoms with E-state index in [0.29, 0.717) is 47.2 Å². The molecule has 4 rings (SSSR count). The number of ether oxygens (including phenoxy) is 1. The Balaban J connectivity index is 1.58. The fourth-order valence-electron chi connectivity index (χ4n) is 3.98. The number of rotatable bonds is 7. The Morgan fingerprint density at radius 3 is 2.76 bits per heavy atom. The van der Waals surface area contributed by atoms with Crippen molar-refractivity contribution in [3.8, 4) is 0 Å². The molecule has 2 aromatic heterocycles. The maximum atomic E-state index is 13.3. The Morgan fingerprint density at radius 2 is 2.03 bits per heavy atom. The summed E-state index contributed by atoms with van der Waals surface area (Å²) in [6, 6.07) is 8.51. The van der Waals surface area contributed by atoms with E-state index in [-0.39, 0.29) is 30.5 Å². The fraction of sp³-hybridized carbons (Fsp3) is 0.333. The highest BCUT2D eigenvalue weighted by Crippen LogP contribution is 2.27. The van der Waals surface area contributed by atoms with Crippen LogP contribution in [0.4, 0.5) is 0 Å². The molecule has 33 heavy (non-hydrogen) atoms. The summed E-state index contributed by atoms with van der Waals surface area (Å²) >= 11 is 6.35. The Labute approximate surface area is 197 Å². The highest BCUT2D eigenvalue weighted by Gasteiger charge is 2.28. The Morgan fingerprint density at radius 1 is 1.21 bits per heavy atom. The van der Waals surface area contributed by atoms with Gasteiger partial charge in [-0.25, -0.2) is 0 Å². The minimum Gasteiger partial charge on any atom is -0.373 e. The van der Waals surface area contributed by atoms with Crippen molar-refractivity contribution in [2.45, 2.75) is 45.5 Å². The van der Waals surface area contributed by atoms with Crippen LogP contribution in [-0.4, -0.2) is 33.0 Å². The third kappa shape index (κ3) is 4.91. The number of nitrogens with one attached hydrogen (secondary N) is 2. The van der Waals surface area contributed by atoms with E-state index in [0.717, 1.165) is 5.56 Å². The molecular formula is C24H26ClN5O3. The molecule has 2 amide bonds. The zero-order valence-corrected chi connectivity index (χ0v) is 19.3. The summed E-state index contributed by atoms with van der Waals surface area (Å²) in [5, 5.41) is 6.62. The molecular weight excluding hydrogens is 442 g/mol. The van der Waals surface area contributed by atoms with Crippen LogP contribution in [0.3, 0.4) is 0 Å². The van der Waals surface area contributed by atoms with Gasteiger partial charge in [0.15, 0.2) is 0 Å². The molecule has 0 unspecified atom stereocenters. The average Bonchev–Trinajstić information content (AvgIpc) is 3.23. The van der Waals surface area contributed by atoms with Crippen LogP contribution in [0.5, 0.6) is 0 Å². The van der Waals surface area contributed by atoms with Crippen molar-refractivity contribution < 1.29 is 14.3 Å². The van der Waals surface area contributed by atoms with Crippen LogP contribution in [0.2, 0.25) is 5.02 Å². The van der Waals surface area contributed by atoms with E-state index in [1.165, 1.54) is 0 Å². The molecule has 9 heteroatoms. The number of hydrogen-bond acceptors (Lipinski definition) is 5. The lowest BCUT2D eigenvalue weighted by atomic mass is 10.0. The lowest BCUT2D eigenvalue weighted by molar-refractivity contribution is 0.0774. The van der Waals surface area contributed by atoms with Crippen molar-refractivity contribution >= 4 is 23.4 Å². The van der Waals surface area contributed by atoms with Gasteiger partial charge in [0.1, 0.15) is 5.69 Å².